The summed E-state index contributed by atoms with van der Waals surface area (Å²) in [5.41, 5.74) is 3.12. The predicted octanol–water partition coefficient (Wildman–Crippen LogP) is 3.80. The van der Waals surface area contributed by atoms with Crippen LogP contribution in [0.15, 0.2) is 30.6 Å². The van der Waals surface area contributed by atoms with Crippen LogP contribution >= 0.6 is 0 Å². The molecule has 172 valence electrons. The molecule has 1 aromatic heterocycles. The number of aromatic nitrogens is 2. The number of anilines is 2. The molecule has 1 saturated heterocycles. The fraction of sp³-hybridized carbons (Fsp3) is 0.522. The van der Waals surface area contributed by atoms with Gasteiger partial charge in [-0.25, -0.2) is 9.59 Å². The van der Waals surface area contributed by atoms with Crippen LogP contribution in [0.1, 0.15) is 39.7 Å². The van der Waals surface area contributed by atoms with E-state index in [0.29, 0.717) is 24.0 Å². The summed E-state index contributed by atoms with van der Waals surface area (Å²) in [7, 11) is 1.36. The van der Waals surface area contributed by atoms with Gasteiger partial charge in [0.2, 0.25) is 0 Å². The largest absolute Gasteiger partial charge is 0.452 e. The van der Waals surface area contributed by atoms with Gasteiger partial charge in [-0.1, -0.05) is 6.07 Å². The second kappa shape index (κ2) is 9.20. The molecule has 0 radical (unpaired) electrons. The molecule has 0 unspecified atom stereocenters. The monoisotopic (exact) mass is 441 g/mol. The summed E-state index contributed by atoms with van der Waals surface area (Å²) in [5.74, 6) is 0. The first-order valence-electron chi connectivity index (χ1n) is 11.1. The van der Waals surface area contributed by atoms with E-state index in [1.807, 2.05) is 49.8 Å². The van der Waals surface area contributed by atoms with Crippen molar-refractivity contribution >= 4 is 23.6 Å². The van der Waals surface area contributed by atoms with Gasteiger partial charge in [0.25, 0.3) is 0 Å². The van der Waals surface area contributed by atoms with Gasteiger partial charge in [-0.3, -0.25) is 14.5 Å². The normalized spacial score (nSPS) is 19.1. The molecule has 1 aromatic carbocycles. The Morgan fingerprint density at radius 3 is 2.56 bits per heavy atom. The van der Waals surface area contributed by atoms with Crippen molar-refractivity contribution in [1.82, 2.24) is 15.1 Å². The second-order valence-corrected chi connectivity index (χ2v) is 8.63. The maximum Gasteiger partial charge on any atom is 0.414 e. The SMILES string of the molecule is COC(=O)N1c2ccc(-c3cnn(C4CCNCC4)c3)cc2N(C(=O)OC(C)C)C[C@@H]1C. The summed E-state index contributed by atoms with van der Waals surface area (Å²) in [6.45, 7) is 7.81. The molecule has 1 fully saturated rings. The van der Waals surface area contributed by atoms with Crippen molar-refractivity contribution in [2.75, 3.05) is 36.5 Å². The number of amides is 2. The molecule has 1 N–H and O–H groups in total. The van der Waals surface area contributed by atoms with E-state index in [9.17, 15) is 9.59 Å². The number of nitrogens with one attached hydrogen (secondary N) is 1. The standard InChI is InChI=1S/C23H31N5O4/c1-15(2)32-22(29)26-13-16(3)28(23(30)31-4)20-6-5-17(11-21(20)26)18-12-25-27(14-18)19-7-9-24-10-8-19/h5-6,11-12,14-16,19,24H,7-10,13H2,1-4H3/t16-/m0/s1. The molecule has 0 spiro atoms. The summed E-state index contributed by atoms with van der Waals surface area (Å²) in [6, 6.07) is 5.85. The summed E-state index contributed by atoms with van der Waals surface area (Å²) < 4.78 is 12.5. The molecule has 0 aliphatic carbocycles. The number of nitrogens with zero attached hydrogens (tertiary/aromatic N) is 4. The van der Waals surface area contributed by atoms with Gasteiger partial charge in [0.15, 0.2) is 0 Å². The van der Waals surface area contributed by atoms with Crippen LogP contribution in [-0.2, 0) is 9.47 Å². The van der Waals surface area contributed by atoms with Crippen LogP contribution in [0, 0.1) is 0 Å². The molecule has 9 heteroatoms. The molecule has 3 heterocycles. The van der Waals surface area contributed by atoms with Crippen LogP contribution in [0.5, 0.6) is 0 Å². The van der Waals surface area contributed by atoms with Crippen LogP contribution < -0.4 is 15.1 Å². The molecule has 0 saturated carbocycles. The van der Waals surface area contributed by atoms with Crippen LogP contribution in [0.25, 0.3) is 11.1 Å². The molecule has 2 aromatic rings. The molecule has 32 heavy (non-hydrogen) atoms. The van der Waals surface area contributed by atoms with Gasteiger partial charge >= 0.3 is 12.2 Å². The van der Waals surface area contributed by atoms with Gasteiger partial charge in [0, 0.05) is 11.8 Å². The van der Waals surface area contributed by atoms with Gasteiger partial charge in [-0.05, 0) is 64.4 Å². The van der Waals surface area contributed by atoms with Gasteiger partial charge in [0.05, 0.1) is 49.4 Å². The molecule has 0 bridgehead atoms. The Morgan fingerprint density at radius 2 is 1.88 bits per heavy atom. The van der Waals surface area contributed by atoms with Crippen molar-refractivity contribution < 1.29 is 19.1 Å². The Hall–Kier alpha value is -3.07. The number of methoxy groups -OCH3 is 1. The zero-order chi connectivity index (χ0) is 22.8. The first kappa shape index (κ1) is 22.1. The average Bonchev–Trinajstić information content (AvgIpc) is 3.28. The van der Waals surface area contributed by atoms with E-state index >= 15 is 0 Å². The van der Waals surface area contributed by atoms with Crippen LogP contribution in [0.2, 0.25) is 0 Å². The van der Waals surface area contributed by atoms with E-state index in [2.05, 4.69) is 16.6 Å². The third-order valence-electron chi connectivity index (χ3n) is 5.96. The van der Waals surface area contributed by atoms with Crippen LogP contribution in [0.3, 0.4) is 0 Å². The highest BCUT2D eigenvalue weighted by Gasteiger charge is 2.36. The van der Waals surface area contributed by atoms with Crippen molar-refractivity contribution in [2.24, 2.45) is 0 Å². The molecule has 1 atom stereocenters. The minimum absolute atomic E-state index is 0.244. The Kier molecular flexibility index (Phi) is 6.36. The van der Waals surface area contributed by atoms with Gasteiger partial charge in [0.1, 0.15) is 0 Å². The van der Waals surface area contributed by atoms with Crippen molar-refractivity contribution in [2.45, 2.75) is 51.8 Å². The zero-order valence-electron chi connectivity index (χ0n) is 19.1. The van der Waals surface area contributed by atoms with Crippen LogP contribution in [-0.4, -0.2) is 60.9 Å². The van der Waals surface area contributed by atoms with Gasteiger partial charge < -0.3 is 14.8 Å². The zero-order valence-corrected chi connectivity index (χ0v) is 19.1. The van der Waals surface area contributed by atoms with E-state index in [1.54, 1.807) is 9.80 Å². The van der Waals surface area contributed by atoms with E-state index in [-0.39, 0.29) is 12.1 Å². The number of rotatable bonds is 3. The van der Waals surface area contributed by atoms with Crippen molar-refractivity contribution in [3.8, 4) is 11.1 Å². The van der Waals surface area contributed by atoms with Crippen LogP contribution in [0.4, 0.5) is 21.0 Å². The number of benzene rings is 1. The highest BCUT2D eigenvalue weighted by atomic mass is 16.6. The second-order valence-electron chi connectivity index (χ2n) is 8.63. The molecular formula is C23H31N5O4. The van der Waals surface area contributed by atoms with Gasteiger partial charge in [-0.2, -0.15) is 5.10 Å². The highest BCUT2D eigenvalue weighted by Crippen LogP contribution is 2.39. The molecule has 9 nitrogen and oxygen atoms in total. The number of carbonyl (C=O) groups is 2. The summed E-state index contributed by atoms with van der Waals surface area (Å²) in [5, 5.41) is 7.96. The summed E-state index contributed by atoms with van der Waals surface area (Å²) in [4.78, 5) is 28.5. The molecule has 4 rings (SSSR count). The number of fused-ring (bicyclic) bond motifs is 1. The summed E-state index contributed by atoms with van der Waals surface area (Å²) >= 11 is 0. The first-order valence-corrected chi connectivity index (χ1v) is 11.1. The summed E-state index contributed by atoms with van der Waals surface area (Å²) in [6.07, 6.45) is 4.87. The highest BCUT2D eigenvalue weighted by molar-refractivity contribution is 6.01. The van der Waals surface area contributed by atoms with E-state index in [0.717, 1.165) is 37.1 Å². The number of carbonyl (C=O) groups excluding carboxylic acids is 2. The van der Waals surface area contributed by atoms with E-state index in [4.69, 9.17) is 9.47 Å². The smallest absolute Gasteiger partial charge is 0.414 e. The fourth-order valence-electron chi connectivity index (χ4n) is 4.38. The van der Waals surface area contributed by atoms with Crippen molar-refractivity contribution in [3.63, 3.8) is 0 Å². The third-order valence-corrected chi connectivity index (χ3v) is 5.96. The molecule has 2 aliphatic rings. The predicted molar refractivity (Wildman–Crippen MR) is 122 cm³/mol. The lowest BCUT2D eigenvalue weighted by Crippen LogP contribution is -2.52. The lowest BCUT2D eigenvalue weighted by atomic mass is 10.0. The lowest BCUT2D eigenvalue weighted by molar-refractivity contribution is 0.121. The average molecular weight is 442 g/mol. The fourth-order valence-corrected chi connectivity index (χ4v) is 4.38. The third kappa shape index (κ3) is 4.29. The number of ether oxygens (including phenoxy) is 2. The minimum Gasteiger partial charge on any atom is -0.452 e. The maximum atomic E-state index is 12.9. The molecular weight excluding hydrogens is 410 g/mol. The lowest BCUT2D eigenvalue weighted by Gasteiger charge is -2.40. The topological polar surface area (TPSA) is 88.9 Å². The Balaban J connectivity index is 1.71. The molecule has 2 amide bonds. The molecule has 2 aliphatic heterocycles. The number of hydrogen-bond acceptors (Lipinski definition) is 6. The van der Waals surface area contributed by atoms with E-state index in [1.165, 1.54) is 7.11 Å². The van der Waals surface area contributed by atoms with Gasteiger partial charge in [-0.15, -0.1) is 0 Å². The first-order chi connectivity index (χ1) is 15.4. The maximum absolute atomic E-state index is 12.9. The Labute approximate surface area is 188 Å². The Bertz CT molecular complexity index is 983. The van der Waals surface area contributed by atoms with Crippen molar-refractivity contribution in [3.05, 3.63) is 30.6 Å². The number of hydrogen-bond donors (Lipinski definition) is 1. The van der Waals surface area contributed by atoms with E-state index < -0.39 is 12.2 Å². The Morgan fingerprint density at radius 1 is 1.12 bits per heavy atom. The van der Waals surface area contributed by atoms with Crippen molar-refractivity contribution in [1.29, 1.82) is 0 Å². The minimum atomic E-state index is -0.456. The number of piperidine rings is 1. The quantitative estimate of drug-likeness (QED) is 0.779.